The van der Waals surface area contributed by atoms with Gasteiger partial charge < -0.3 is 10.1 Å². The van der Waals surface area contributed by atoms with E-state index in [0.717, 1.165) is 38.1 Å². The zero-order valence-corrected chi connectivity index (χ0v) is 12.5. The summed E-state index contributed by atoms with van der Waals surface area (Å²) in [7, 11) is 0. The zero-order valence-electron chi connectivity index (χ0n) is 11.7. The maximum Gasteiger partial charge on any atom is 0.0809 e. The number of nitrogens with one attached hydrogen (secondary N) is 1. The molecular formula is C15H22N2OS. The van der Waals surface area contributed by atoms with Gasteiger partial charge in [-0.25, -0.2) is 0 Å². The third kappa shape index (κ3) is 4.27. The molecule has 2 rings (SSSR count). The molecule has 0 fully saturated rings. The van der Waals surface area contributed by atoms with Crippen LogP contribution in [-0.4, -0.2) is 24.7 Å². The predicted molar refractivity (Wildman–Crippen MR) is 81.8 cm³/mol. The fourth-order valence-electron chi connectivity index (χ4n) is 1.96. The van der Waals surface area contributed by atoms with Crippen LogP contribution in [0.1, 0.15) is 38.3 Å². The van der Waals surface area contributed by atoms with Crippen molar-refractivity contribution in [3.8, 4) is 0 Å². The first-order chi connectivity index (χ1) is 9.31. The number of hydrogen-bond acceptors (Lipinski definition) is 4. The summed E-state index contributed by atoms with van der Waals surface area (Å²) in [4.78, 5) is 4.48. The third-order valence-electron chi connectivity index (χ3n) is 3.09. The predicted octanol–water partition coefficient (Wildman–Crippen LogP) is 3.76. The molecule has 4 heteroatoms. The van der Waals surface area contributed by atoms with Crippen molar-refractivity contribution in [2.45, 2.75) is 32.7 Å². The highest BCUT2D eigenvalue weighted by atomic mass is 32.1. The van der Waals surface area contributed by atoms with Gasteiger partial charge in [0.25, 0.3) is 0 Å². The van der Waals surface area contributed by atoms with E-state index >= 15 is 0 Å². The van der Waals surface area contributed by atoms with Crippen molar-refractivity contribution < 1.29 is 4.74 Å². The zero-order chi connectivity index (χ0) is 13.5. The first-order valence-electron chi connectivity index (χ1n) is 6.95. The van der Waals surface area contributed by atoms with Crippen molar-refractivity contribution >= 4 is 21.6 Å². The smallest absolute Gasteiger partial charge is 0.0809 e. The Morgan fingerprint density at radius 3 is 3.16 bits per heavy atom. The van der Waals surface area contributed by atoms with Gasteiger partial charge in [-0.05, 0) is 49.4 Å². The lowest BCUT2D eigenvalue weighted by molar-refractivity contribution is 0.132. The molecule has 0 radical (unpaired) electrons. The largest absolute Gasteiger partial charge is 0.381 e. The molecule has 2 aromatic rings. The molecule has 0 aliphatic heterocycles. The van der Waals surface area contributed by atoms with E-state index in [4.69, 9.17) is 4.74 Å². The van der Waals surface area contributed by atoms with E-state index in [1.165, 1.54) is 10.3 Å². The molecule has 0 amide bonds. The summed E-state index contributed by atoms with van der Waals surface area (Å²) in [5, 5.41) is 5.61. The molecule has 0 saturated heterocycles. The minimum Gasteiger partial charge on any atom is -0.381 e. The van der Waals surface area contributed by atoms with Crippen LogP contribution in [0.15, 0.2) is 23.7 Å². The van der Waals surface area contributed by atoms with Crippen molar-refractivity contribution in [2.24, 2.45) is 0 Å². The van der Waals surface area contributed by atoms with E-state index in [1.807, 2.05) is 6.20 Å². The Balaban J connectivity index is 1.77. The van der Waals surface area contributed by atoms with Gasteiger partial charge in [-0.3, -0.25) is 4.98 Å². The van der Waals surface area contributed by atoms with Crippen LogP contribution in [0.5, 0.6) is 0 Å². The van der Waals surface area contributed by atoms with Crippen molar-refractivity contribution in [2.75, 3.05) is 19.8 Å². The van der Waals surface area contributed by atoms with Gasteiger partial charge in [0.1, 0.15) is 0 Å². The Bertz CT molecular complexity index is 498. The molecular weight excluding hydrogens is 256 g/mol. The van der Waals surface area contributed by atoms with Crippen molar-refractivity contribution in [1.29, 1.82) is 0 Å². The lowest BCUT2D eigenvalue weighted by Crippen LogP contribution is -2.21. The second-order valence-corrected chi connectivity index (χ2v) is 5.66. The molecule has 2 aromatic heterocycles. The van der Waals surface area contributed by atoms with Gasteiger partial charge in [0.2, 0.25) is 0 Å². The van der Waals surface area contributed by atoms with Gasteiger partial charge in [-0.1, -0.05) is 6.92 Å². The van der Waals surface area contributed by atoms with Crippen molar-refractivity contribution in [1.82, 2.24) is 10.3 Å². The average Bonchev–Trinajstić information content (AvgIpc) is 2.89. The number of ether oxygens (including phenoxy) is 1. The summed E-state index contributed by atoms with van der Waals surface area (Å²) >= 11 is 1.75. The maximum atomic E-state index is 5.47. The molecule has 2 heterocycles. The van der Waals surface area contributed by atoms with E-state index in [-0.39, 0.29) is 0 Å². The quantitative estimate of drug-likeness (QED) is 0.746. The SMILES string of the molecule is CCCOCCCNC(C)c1cnc2ccsc2c1. The standard InChI is InChI=1S/C15H22N2OS/c1-3-7-18-8-4-6-16-12(2)13-10-15-14(17-11-13)5-9-19-15/h5,9-12,16H,3-4,6-8H2,1-2H3. The number of fused-ring (bicyclic) bond motifs is 1. The number of nitrogens with zero attached hydrogens (tertiary/aromatic N) is 1. The van der Waals surface area contributed by atoms with Crippen LogP contribution < -0.4 is 5.32 Å². The van der Waals surface area contributed by atoms with Crippen molar-refractivity contribution in [3.63, 3.8) is 0 Å². The van der Waals surface area contributed by atoms with Gasteiger partial charge in [0, 0.05) is 25.5 Å². The summed E-state index contributed by atoms with van der Waals surface area (Å²) in [5.41, 5.74) is 2.35. The van der Waals surface area contributed by atoms with E-state index in [0.29, 0.717) is 6.04 Å². The lowest BCUT2D eigenvalue weighted by atomic mass is 10.1. The molecule has 104 valence electrons. The van der Waals surface area contributed by atoms with Gasteiger partial charge in [-0.15, -0.1) is 11.3 Å². The van der Waals surface area contributed by atoms with Gasteiger partial charge >= 0.3 is 0 Å². The molecule has 3 nitrogen and oxygen atoms in total. The summed E-state index contributed by atoms with van der Waals surface area (Å²) < 4.78 is 6.73. The number of rotatable bonds is 8. The Hall–Kier alpha value is -0.970. The fraction of sp³-hybridized carbons (Fsp3) is 0.533. The summed E-state index contributed by atoms with van der Waals surface area (Å²) in [6.45, 7) is 7.01. The highest BCUT2D eigenvalue weighted by Crippen LogP contribution is 2.22. The monoisotopic (exact) mass is 278 g/mol. The maximum absolute atomic E-state index is 5.47. The van der Waals surface area contributed by atoms with Gasteiger partial charge in [0.15, 0.2) is 0 Å². The molecule has 0 aliphatic carbocycles. The molecule has 0 spiro atoms. The Morgan fingerprint density at radius 1 is 1.42 bits per heavy atom. The van der Waals surface area contributed by atoms with Crippen LogP contribution in [0.25, 0.3) is 10.2 Å². The number of thiophene rings is 1. The van der Waals surface area contributed by atoms with Crippen molar-refractivity contribution in [3.05, 3.63) is 29.3 Å². The lowest BCUT2D eigenvalue weighted by Gasteiger charge is -2.14. The molecule has 19 heavy (non-hydrogen) atoms. The normalized spacial score (nSPS) is 12.9. The van der Waals surface area contributed by atoms with Crippen LogP contribution in [0, 0.1) is 0 Å². The minimum absolute atomic E-state index is 0.338. The molecule has 0 saturated carbocycles. The van der Waals surface area contributed by atoms with Crippen LogP contribution in [0.4, 0.5) is 0 Å². The summed E-state index contributed by atoms with van der Waals surface area (Å²) in [5.74, 6) is 0. The second-order valence-electron chi connectivity index (χ2n) is 4.71. The van der Waals surface area contributed by atoms with Crippen LogP contribution in [0.2, 0.25) is 0 Å². The van der Waals surface area contributed by atoms with Gasteiger partial charge in [-0.2, -0.15) is 0 Å². The summed E-state index contributed by atoms with van der Waals surface area (Å²) in [6, 6.07) is 4.63. The molecule has 1 unspecified atom stereocenters. The highest BCUT2D eigenvalue weighted by Gasteiger charge is 2.06. The van der Waals surface area contributed by atoms with E-state index in [9.17, 15) is 0 Å². The van der Waals surface area contributed by atoms with E-state index in [1.54, 1.807) is 11.3 Å². The Labute approximate surface area is 119 Å². The fourth-order valence-corrected chi connectivity index (χ4v) is 2.74. The Morgan fingerprint density at radius 2 is 2.32 bits per heavy atom. The molecule has 1 N–H and O–H groups in total. The number of hydrogen-bond donors (Lipinski definition) is 1. The Kier molecular flexibility index (Phi) is 5.76. The molecule has 0 bridgehead atoms. The molecule has 1 atom stereocenters. The molecule has 0 aliphatic rings. The minimum atomic E-state index is 0.338. The van der Waals surface area contributed by atoms with Crippen LogP contribution in [-0.2, 0) is 4.74 Å². The summed E-state index contributed by atoms with van der Waals surface area (Å²) in [6.07, 6.45) is 4.12. The third-order valence-corrected chi connectivity index (χ3v) is 3.94. The average molecular weight is 278 g/mol. The first-order valence-corrected chi connectivity index (χ1v) is 7.83. The number of pyridine rings is 1. The van der Waals surface area contributed by atoms with Crippen LogP contribution in [0.3, 0.4) is 0 Å². The first kappa shape index (κ1) is 14.4. The number of aromatic nitrogens is 1. The second kappa shape index (κ2) is 7.58. The van der Waals surface area contributed by atoms with E-state index in [2.05, 4.69) is 41.7 Å². The topological polar surface area (TPSA) is 34.1 Å². The highest BCUT2D eigenvalue weighted by molar-refractivity contribution is 7.17. The van der Waals surface area contributed by atoms with Crippen LogP contribution >= 0.6 is 11.3 Å². The molecule has 0 aromatic carbocycles. The van der Waals surface area contributed by atoms with E-state index < -0.39 is 0 Å². The van der Waals surface area contributed by atoms with Gasteiger partial charge in [0.05, 0.1) is 10.2 Å².